The molecule has 24 valence electrons. The van der Waals surface area contributed by atoms with Crippen LogP contribution in [-0.2, 0) is 0.938 Å². The van der Waals surface area contributed by atoms with E-state index in [-0.39, 0.29) is 39.8 Å². The molecule has 0 saturated heterocycles. The van der Waals surface area contributed by atoms with Gasteiger partial charge in [-0.15, -0.1) is 0 Å². The maximum absolute atomic E-state index is 8.39. The third-order valence-electron chi connectivity index (χ3n) is 0. The molecule has 0 aliphatic heterocycles. The average molecular weight is 186 g/mol. The molecule has 0 aromatic rings. The predicted molar refractivity (Wildman–Crippen MR) is 12.0 cm³/mol. The molecule has 0 atom stereocenters. The van der Waals surface area contributed by atoms with E-state index in [1.807, 2.05) is 13.8 Å². The monoisotopic (exact) mass is 186 g/mol. The van der Waals surface area contributed by atoms with Crippen LogP contribution in [0, 0.1) is 39.8 Å². The van der Waals surface area contributed by atoms with Crippen molar-refractivity contribution in [2.45, 2.75) is 13.8 Å². The van der Waals surface area contributed by atoms with Gasteiger partial charge < -0.3 is 0 Å². The van der Waals surface area contributed by atoms with Crippen LogP contribution in [0.2, 0.25) is 0 Å². The van der Waals surface area contributed by atoms with Gasteiger partial charge in [-0.2, -0.15) is 0 Å². The fourth-order valence-electron chi connectivity index (χ4n) is 0. The second-order valence-corrected chi connectivity index (χ2v) is 0. The first-order valence-electron chi connectivity index (χ1n) is 1.20. The van der Waals surface area contributed by atoms with Gasteiger partial charge in [0.25, 0.3) is 0 Å². The Morgan fingerprint density at radius 1 is 1.25 bits per heavy atom. The van der Waals surface area contributed by atoms with Crippen LogP contribution in [0.25, 0.3) is 0 Å². The van der Waals surface area contributed by atoms with Crippen LogP contribution >= 0.6 is 0 Å². The van der Waals surface area contributed by atoms with Crippen molar-refractivity contribution in [3.8, 4) is 0 Å². The fraction of sp³-hybridized carbons (Fsp3) is 1.00. The van der Waals surface area contributed by atoms with Gasteiger partial charge in [0, 0.05) is 0 Å². The third-order valence-corrected chi connectivity index (χ3v) is 0. The summed E-state index contributed by atoms with van der Waals surface area (Å²) in [4.78, 5) is 0. The predicted octanol–water partition coefficient (Wildman–Crippen LogP) is 0.907. The van der Waals surface area contributed by atoms with E-state index in [0.717, 1.165) is 0 Å². The molecule has 0 rings (SSSR count). The van der Waals surface area contributed by atoms with E-state index in [1.54, 1.807) is 0 Å². The normalized spacial score (nSPS) is 2.25. The third kappa shape index (κ3) is 10.9. The van der Waals surface area contributed by atoms with Gasteiger partial charge in [0.05, 0.1) is 0 Å². The van der Waals surface area contributed by atoms with E-state index < -0.39 is 0 Å². The van der Waals surface area contributed by atoms with E-state index in [9.17, 15) is 0 Å². The van der Waals surface area contributed by atoms with Crippen LogP contribution < -0.4 is 0 Å². The van der Waals surface area contributed by atoms with Gasteiger partial charge in [0.15, 0.2) is 0 Å². The molecule has 4 heavy (non-hydrogen) atoms. The van der Waals surface area contributed by atoms with Gasteiger partial charge in [-0.1, -0.05) is 13.8 Å². The first-order valence-corrected chi connectivity index (χ1v) is 2.49. The summed E-state index contributed by atoms with van der Waals surface area (Å²) in [5.41, 5.74) is 0. The van der Waals surface area contributed by atoms with E-state index in [1.165, 1.54) is 0 Å². The summed E-state index contributed by atoms with van der Waals surface area (Å²) in [5.74, 6) is 0. The van der Waals surface area contributed by atoms with E-state index >= 15 is 0 Å². The molecule has 0 aliphatic carbocycles. The molecule has 0 radical (unpaired) electrons. The molecule has 2 heteroatoms. The standard InChI is InChI=1S/C2H6.Ce.O/c1-2;;/h1-2H3;;. The SMILES string of the molecule is CC.[O]=[Ce]. The molecule has 1 nitrogen and oxygen atoms in total. The molecule has 0 saturated carbocycles. The van der Waals surface area contributed by atoms with Gasteiger partial charge in [0.2, 0.25) is 0 Å². The minimum atomic E-state index is 0.0556. The Hall–Kier alpha value is 1.18. The summed E-state index contributed by atoms with van der Waals surface area (Å²) in [7, 11) is 0. The molecule has 0 aliphatic rings. The Morgan fingerprint density at radius 2 is 1.25 bits per heavy atom. The number of rotatable bonds is 0. The second kappa shape index (κ2) is 30.4. The molecular formula is C2H6CeO. The van der Waals surface area contributed by atoms with Crippen molar-refractivity contribution in [2.75, 3.05) is 0 Å². The molecule has 0 amide bonds. The minimum absolute atomic E-state index is 0.0556. The van der Waals surface area contributed by atoms with E-state index in [4.69, 9.17) is 0.938 Å². The van der Waals surface area contributed by atoms with Gasteiger partial charge in [-0.3, -0.25) is 0 Å². The maximum atomic E-state index is 8.39. The fourth-order valence-corrected chi connectivity index (χ4v) is 0. The molecule has 0 aromatic carbocycles. The van der Waals surface area contributed by atoms with Gasteiger partial charge in [-0.25, -0.2) is 0 Å². The zero-order valence-electron chi connectivity index (χ0n) is 2.91. The van der Waals surface area contributed by atoms with Crippen molar-refractivity contribution in [3.63, 3.8) is 0 Å². The summed E-state index contributed by atoms with van der Waals surface area (Å²) in [6.07, 6.45) is 0. The first-order chi connectivity index (χ1) is 2.00. The molecule has 0 aromatic heterocycles. The van der Waals surface area contributed by atoms with Crippen LogP contribution in [0.3, 0.4) is 0 Å². The summed E-state index contributed by atoms with van der Waals surface area (Å²) < 4.78 is 8.39. The van der Waals surface area contributed by atoms with Crippen molar-refractivity contribution in [1.29, 1.82) is 0 Å². The zero-order valence-corrected chi connectivity index (χ0v) is 6.05. The van der Waals surface area contributed by atoms with Crippen molar-refractivity contribution in [3.05, 3.63) is 0 Å². The molecule has 0 fully saturated rings. The molecule has 0 bridgehead atoms. The van der Waals surface area contributed by atoms with Crippen LogP contribution in [0.5, 0.6) is 0 Å². The number of hydrogen-bond acceptors (Lipinski definition) is 1. The second-order valence-electron chi connectivity index (χ2n) is 0. The van der Waals surface area contributed by atoms with E-state index in [0.29, 0.717) is 0 Å². The molecule has 0 heterocycles. The molecule has 0 unspecified atom stereocenters. The first kappa shape index (κ1) is 8.95. The summed E-state index contributed by atoms with van der Waals surface area (Å²) >= 11 is 0.0556. The average Bonchev–Trinajstić information content (AvgIpc) is 1.50. The Morgan fingerprint density at radius 3 is 1.25 bits per heavy atom. The Kier molecular flexibility index (Phi) is 68.1. The topological polar surface area (TPSA) is 17.1 Å². The van der Waals surface area contributed by atoms with Gasteiger partial charge in [0.1, 0.15) is 0 Å². The van der Waals surface area contributed by atoms with Crippen LogP contribution in [0.1, 0.15) is 13.8 Å². The van der Waals surface area contributed by atoms with Crippen molar-refractivity contribution in [2.24, 2.45) is 0 Å². The van der Waals surface area contributed by atoms with Crippen molar-refractivity contribution < 1.29 is 40.7 Å². The van der Waals surface area contributed by atoms with Crippen molar-refractivity contribution in [1.82, 2.24) is 0 Å². The van der Waals surface area contributed by atoms with Crippen LogP contribution in [0.15, 0.2) is 0 Å². The summed E-state index contributed by atoms with van der Waals surface area (Å²) in [5, 5.41) is 0. The summed E-state index contributed by atoms with van der Waals surface area (Å²) in [6, 6.07) is 0. The molecular weight excluding hydrogens is 180 g/mol. The Bertz CT molecular complexity index is 6.00. The summed E-state index contributed by atoms with van der Waals surface area (Å²) in [6.45, 7) is 4.00. The van der Waals surface area contributed by atoms with Crippen LogP contribution in [-0.4, -0.2) is 0 Å². The Balaban J connectivity index is 0. The zero-order chi connectivity index (χ0) is 4.00. The van der Waals surface area contributed by atoms with Gasteiger partial charge >= 0.3 is 40.7 Å². The number of hydrogen-bond donors (Lipinski definition) is 0. The molecule has 0 spiro atoms. The Labute approximate surface area is 54.0 Å². The van der Waals surface area contributed by atoms with E-state index in [2.05, 4.69) is 0 Å². The quantitative estimate of drug-likeness (QED) is 0.549. The van der Waals surface area contributed by atoms with Gasteiger partial charge in [-0.05, 0) is 0 Å². The molecule has 0 N–H and O–H groups in total. The van der Waals surface area contributed by atoms with Crippen LogP contribution in [0.4, 0.5) is 0 Å². The van der Waals surface area contributed by atoms with Crippen molar-refractivity contribution >= 4 is 0 Å².